The van der Waals surface area contributed by atoms with Gasteiger partial charge >= 0.3 is 0 Å². The van der Waals surface area contributed by atoms with Crippen LogP contribution < -0.4 is 5.32 Å². The fourth-order valence-corrected chi connectivity index (χ4v) is 3.75. The molecule has 3 atom stereocenters. The summed E-state index contributed by atoms with van der Waals surface area (Å²) in [6.45, 7) is 8.48. The predicted octanol–water partition coefficient (Wildman–Crippen LogP) is 0.308. The molecule has 0 radical (unpaired) electrons. The van der Waals surface area contributed by atoms with Crippen LogP contribution in [0.3, 0.4) is 0 Å². The minimum absolute atomic E-state index is 0.0227. The third-order valence-electron chi connectivity index (χ3n) is 4.95. The Morgan fingerprint density at radius 2 is 2.20 bits per heavy atom. The number of fused-ring (bicyclic) bond motifs is 1. The van der Waals surface area contributed by atoms with Crippen molar-refractivity contribution in [2.75, 3.05) is 45.9 Å². The van der Waals surface area contributed by atoms with Crippen LogP contribution in [0.15, 0.2) is 0 Å². The molecule has 3 fully saturated rings. The fourth-order valence-electron chi connectivity index (χ4n) is 3.75. The van der Waals surface area contributed by atoms with Gasteiger partial charge in [0.15, 0.2) is 0 Å². The number of hydrogen-bond acceptors (Lipinski definition) is 4. The van der Waals surface area contributed by atoms with Crippen LogP contribution in [0, 0.1) is 5.92 Å². The molecule has 0 aromatic rings. The molecule has 5 heteroatoms. The van der Waals surface area contributed by atoms with Crippen molar-refractivity contribution >= 4 is 5.91 Å². The Hall–Kier alpha value is -0.650. The van der Waals surface area contributed by atoms with Crippen molar-refractivity contribution in [1.29, 1.82) is 0 Å². The highest BCUT2D eigenvalue weighted by Crippen LogP contribution is 2.24. The molecule has 1 amide bonds. The molecule has 3 unspecified atom stereocenters. The molecule has 0 aromatic carbocycles. The van der Waals surface area contributed by atoms with Crippen LogP contribution in [0.2, 0.25) is 0 Å². The average molecular weight is 281 g/mol. The molecule has 114 valence electrons. The molecule has 0 bridgehead atoms. The third-order valence-corrected chi connectivity index (χ3v) is 4.95. The van der Waals surface area contributed by atoms with Crippen LogP contribution in [0.25, 0.3) is 0 Å². The molecule has 3 rings (SSSR count). The number of nitrogens with one attached hydrogen (secondary N) is 1. The van der Waals surface area contributed by atoms with E-state index in [1.807, 2.05) is 0 Å². The monoisotopic (exact) mass is 281 g/mol. The highest BCUT2D eigenvalue weighted by molar-refractivity contribution is 5.80. The Balaban J connectivity index is 1.57. The molecule has 3 saturated heterocycles. The Morgan fingerprint density at radius 1 is 1.30 bits per heavy atom. The first-order valence-corrected chi connectivity index (χ1v) is 8.13. The van der Waals surface area contributed by atoms with Gasteiger partial charge in [-0.25, -0.2) is 0 Å². The van der Waals surface area contributed by atoms with Gasteiger partial charge in [-0.1, -0.05) is 6.92 Å². The quantitative estimate of drug-likeness (QED) is 0.805. The number of rotatable bonds is 4. The van der Waals surface area contributed by atoms with Crippen LogP contribution in [0.1, 0.15) is 26.2 Å². The zero-order valence-electron chi connectivity index (χ0n) is 12.5. The van der Waals surface area contributed by atoms with Gasteiger partial charge in [-0.05, 0) is 32.4 Å². The minimum atomic E-state index is 0.0227. The molecule has 1 N–H and O–H groups in total. The second kappa shape index (κ2) is 6.41. The molecule has 0 spiro atoms. The fraction of sp³-hybridized carbons (Fsp3) is 0.933. The van der Waals surface area contributed by atoms with Crippen molar-refractivity contribution in [3.05, 3.63) is 0 Å². The van der Waals surface area contributed by atoms with Gasteiger partial charge in [-0.3, -0.25) is 9.69 Å². The average Bonchev–Trinajstić information content (AvgIpc) is 3.12. The van der Waals surface area contributed by atoms with E-state index in [4.69, 9.17) is 4.74 Å². The van der Waals surface area contributed by atoms with Gasteiger partial charge in [0.25, 0.3) is 0 Å². The van der Waals surface area contributed by atoms with Crippen molar-refractivity contribution in [3.63, 3.8) is 0 Å². The molecular weight excluding hydrogens is 254 g/mol. The summed E-state index contributed by atoms with van der Waals surface area (Å²) in [4.78, 5) is 17.4. The molecule has 20 heavy (non-hydrogen) atoms. The first kappa shape index (κ1) is 14.3. The first-order valence-electron chi connectivity index (χ1n) is 8.13. The highest BCUT2D eigenvalue weighted by atomic mass is 16.5. The summed E-state index contributed by atoms with van der Waals surface area (Å²) in [5.74, 6) is 0.331. The number of piperazine rings is 1. The maximum atomic E-state index is 12.7. The lowest BCUT2D eigenvalue weighted by molar-refractivity contribution is -0.138. The highest BCUT2D eigenvalue weighted by Gasteiger charge is 2.39. The predicted molar refractivity (Wildman–Crippen MR) is 77.6 cm³/mol. The summed E-state index contributed by atoms with van der Waals surface area (Å²) < 4.78 is 5.54. The smallest absolute Gasteiger partial charge is 0.229 e. The van der Waals surface area contributed by atoms with Gasteiger partial charge in [-0.2, -0.15) is 0 Å². The van der Waals surface area contributed by atoms with Gasteiger partial charge in [-0.15, -0.1) is 0 Å². The summed E-state index contributed by atoms with van der Waals surface area (Å²) in [5.41, 5.74) is 0. The van der Waals surface area contributed by atoms with E-state index in [0.717, 1.165) is 32.6 Å². The topological polar surface area (TPSA) is 44.8 Å². The molecule has 3 heterocycles. The van der Waals surface area contributed by atoms with E-state index in [1.165, 1.54) is 19.4 Å². The standard InChI is InChI=1S/C15H27N3O2/c1-2-5-16-14-11-20-10-13(14)15(19)18-8-7-17-6-3-4-12(17)9-18/h12-14,16H,2-11H2,1H3. The maximum Gasteiger partial charge on any atom is 0.229 e. The lowest BCUT2D eigenvalue weighted by Gasteiger charge is -2.39. The summed E-state index contributed by atoms with van der Waals surface area (Å²) in [7, 11) is 0. The Morgan fingerprint density at radius 3 is 3.05 bits per heavy atom. The minimum Gasteiger partial charge on any atom is -0.379 e. The van der Waals surface area contributed by atoms with E-state index in [9.17, 15) is 4.79 Å². The lowest BCUT2D eigenvalue weighted by Crippen LogP contribution is -2.55. The van der Waals surface area contributed by atoms with Gasteiger partial charge in [0.1, 0.15) is 0 Å². The van der Waals surface area contributed by atoms with Crippen LogP contribution in [-0.4, -0.2) is 73.7 Å². The van der Waals surface area contributed by atoms with Gasteiger partial charge in [0.2, 0.25) is 5.91 Å². The number of carbonyl (C=O) groups excluding carboxylic acids is 1. The lowest BCUT2D eigenvalue weighted by atomic mass is 10.0. The van der Waals surface area contributed by atoms with Crippen LogP contribution in [-0.2, 0) is 9.53 Å². The van der Waals surface area contributed by atoms with Crippen molar-refractivity contribution in [3.8, 4) is 0 Å². The number of nitrogens with zero attached hydrogens (tertiary/aromatic N) is 2. The van der Waals surface area contributed by atoms with Gasteiger partial charge in [0.05, 0.1) is 19.1 Å². The number of hydrogen-bond donors (Lipinski definition) is 1. The summed E-state index contributed by atoms with van der Waals surface area (Å²) in [6, 6.07) is 0.820. The van der Waals surface area contributed by atoms with Crippen molar-refractivity contribution < 1.29 is 9.53 Å². The molecule has 0 aliphatic carbocycles. The molecule has 0 saturated carbocycles. The third kappa shape index (κ3) is 2.85. The summed E-state index contributed by atoms with van der Waals surface area (Å²) >= 11 is 0. The van der Waals surface area contributed by atoms with E-state index < -0.39 is 0 Å². The zero-order chi connectivity index (χ0) is 13.9. The number of ether oxygens (including phenoxy) is 1. The summed E-state index contributed by atoms with van der Waals surface area (Å²) in [6.07, 6.45) is 3.64. The van der Waals surface area contributed by atoms with Crippen molar-refractivity contribution in [1.82, 2.24) is 15.1 Å². The van der Waals surface area contributed by atoms with Crippen molar-refractivity contribution in [2.45, 2.75) is 38.3 Å². The summed E-state index contributed by atoms with van der Waals surface area (Å²) in [5, 5.41) is 3.46. The molecule has 3 aliphatic rings. The van der Waals surface area contributed by atoms with E-state index >= 15 is 0 Å². The van der Waals surface area contributed by atoms with Crippen LogP contribution in [0.5, 0.6) is 0 Å². The molecular formula is C15H27N3O2. The van der Waals surface area contributed by atoms with Gasteiger partial charge in [0, 0.05) is 31.7 Å². The maximum absolute atomic E-state index is 12.7. The van der Waals surface area contributed by atoms with Crippen LogP contribution >= 0.6 is 0 Å². The largest absolute Gasteiger partial charge is 0.379 e. The number of amides is 1. The second-order valence-electron chi connectivity index (χ2n) is 6.32. The van der Waals surface area contributed by atoms with E-state index in [0.29, 0.717) is 25.2 Å². The Labute approximate surface area is 121 Å². The van der Waals surface area contributed by atoms with E-state index in [-0.39, 0.29) is 12.0 Å². The van der Waals surface area contributed by atoms with Crippen LogP contribution in [0.4, 0.5) is 0 Å². The van der Waals surface area contributed by atoms with Crippen molar-refractivity contribution in [2.24, 2.45) is 5.92 Å². The second-order valence-corrected chi connectivity index (χ2v) is 6.32. The molecule has 3 aliphatic heterocycles. The normalized spacial score (nSPS) is 34.5. The zero-order valence-corrected chi connectivity index (χ0v) is 12.5. The van der Waals surface area contributed by atoms with Gasteiger partial charge < -0.3 is 15.0 Å². The van der Waals surface area contributed by atoms with E-state index in [1.54, 1.807) is 0 Å². The molecule has 0 aromatic heterocycles. The SMILES string of the molecule is CCCNC1COCC1C(=O)N1CCN2CCCC2C1. The number of carbonyl (C=O) groups is 1. The Kier molecular flexibility index (Phi) is 4.58. The first-order chi connectivity index (χ1) is 9.79. The Bertz CT molecular complexity index is 350. The molecule has 5 nitrogen and oxygen atoms in total. The van der Waals surface area contributed by atoms with E-state index in [2.05, 4.69) is 22.0 Å².